The Morgan fingerprint density at radius 2 is 1.88 bits per heavy atom. The topological polar surface area (TPSA) is 39.4 Å². The molecule has 0 atom stereocenters. The van der Waals surface area contributed by atoms with Gasteiger partial charge in [-0.3, -0.25) is 0 Å². The molecule has 3 aromatic rings. The molecule has 0 radical (unpaired) electrons. The molecule has 0 fully saturated rings. The fraction of sp³-hybridized carbons (Fsp3) is 0.150. The Morgan fingerprint density at radius 3 is 2.54 bits per heavy atom. The van der Waals surface area contributed by atoms with Crippen LogP contribution in [-0.4, -0.2) is 0 Å². The molecular weight excluding hydrogens is 345 g/mol. The third kappa shape index (κ3) is 3.35. The molecule has 0 amide bonds. The van der Waals surface area contributed by atoms with E-state index in [-0.39, 0.29) is 5.56 Å². The standard InChI is InChI=1S/C20H15F3O3/c1-3-12-9-14(20(21,22)23)6-8-16(12)17-10-13-5-7-15(25-4-2)11-18(13)26-19(17)24/h4-11H,2-3H2,1H3. The smallest absolute Gasteiger partial charge is 0.416 e. The Bertz CT molecular complexity index is 1030. The normalized spacial score (nSPS) is 11.5. The summed E-state index contributed by atoms with van der Waals surface area (Å²) in [4.78, 5) is 12.4. The van der Waals surface area contributed by atoms with Gasteiger partial charge in [-0.25, -0.2) is 4.79 Å². The van der Waals surface area contributed by atoms with E-state index in [2.05, 4.69) is 6.58 Å². The summed E-state index contributed by atoms with van der Waals surface area (Å²) < 4.78 is 49.3. The zero-order valence-electron chi connectivity index (χ0n) is 13.9. The van der Waals surface area contributed by atoms with Crippen LogP contribution in [0.3, 0.4) is 0 Å². The van der Waals surface area contributed by atoms with E-state index in [0.717, 1.165) is 12.1 Å². The van der Waals surface area contributed by atoms with Gasteiger partial charge in [0.05, 0.1) is 17.4 Å². The van der Waals surface area contributed by atoms with Crippen molar-refractivity contribution in [3.05, 3.63) is 76.9 Å². The molecule has 2 aromatic carbocycles. The maximum atomic E-state index is 12.9. The lowest BCUT2D eigenvalue weighted by Crippen LogP contribution is -2.08. The number of rotatable bonds is 4. The Morgan fingerprint density at radius 1 is 1.12 bits per heavy atom. The van der Waals surface area contributed by atoms with Crippen LogP contribution in [0.5, 0.6) is 5.75 Å². The summed E-state index contributed by atoms with van der Waals surface area (Å²) in [5.74, 6) is 0.465. The molecule has 0 saturated carbocycles. The lowest BCUT2D eigenvalue weighted by Gasteiger charge is -2.12. The van der Waals surface area contributed by atoms with Gasteiger partial charge in [-0.15, -0.1) is 0 Å². The predicted octanol–water partition coefficient (Wildman–Crippen LogP) is 5.56. The first-order valence-corrected chi connectivity index (χ1v) is 7.89. The van der Waals surface area contributed by atoms with E-state index in [1.165, 1.54) is 12.3 Å². The largest absolute Gasteiger partial charge is 0.465 e. The summed E-state index contributed by atoms with van der Waals surface area (Å²) in [6.45, 7) is 5.19. The van der Waals surface area contributed by atoms with Gasteiger partial charge >= 0.3 is 11.8 Å². The summed E-state index contributed by atoms with van der Waals surface area (Å²) in [5, 5.41) is 0.637. The Kier molecular flexibility index (Phi) is 4.59. The van der Waals surface area contributed by atoms with Crippen LogP contribution in [0, 0.1) is 0 Å². The molecule has 26 heavy (non-hydrogen) atoms. The van der Waals surface area contributed by atoms with E-state index in [9.17, 15) is 18.0 Å². The molecule has 0 spiro atoms. The van der Waals surface area contributed by atoms with Crippen molar-refractivity contribution in [2.75, 3.05) is 0 Å². The zero-order valence-corrected chi connectivity index (χ0v) is 13.9. The van der Waals surface area contributed by atoms with Crippen LogP contribution in [0.2, 0.25) is 0 Å². The van der Waals surface area contributed by atoms with Crippen LogP contribution >= 0.6 is 0 Å². The van der Waals surface area contributed by atoms with Gasteiger partial charge in [0.25, 0.3) is 0 Å². The summed E-state index contributed by atoms with van der Waals surface area (Å²) in [5.41, 5.74) is 0.0429. The van der Waals surface area contributed by atoms with Gasteiger partial charge in [0.15, 0.2) is 0 Å². The van der Waals surface area contributed by atoms with Crippen LogP contribution in [0.15, 0.2) is 64.5 Å². The highest BCUT2D eigenvalue weighted by molar-refractivity contribution is 5.83. The molecule has 0 unspecified atom stereocenters. The molecule has 1 heterocycles. The third-order valence-corrected chi connectivity index (χ3v) is 4.03. The summed E-state index contributed by atoms with van der Waals surface area (Å²) in [6, 6.07) is 9.90. The predicted molar refractivity (Wildman–Crippen MR) is 93.1 cm³/mol. The Labute approximate surface area is 147 Å². The second-order valence-electron chi connectivity index (χ2n) is 5.65. The van der Waals surface area contributed by atoms with Crippen LogP contribution in [-0.2, 0) is 12.6 Å². The number of fused-ring (bicyclic) bond motifs is 1. The van der Waals surface area contributed by atoms with Crippen molar-refractivity contribution in [3.63, 3.8) is 0 Å². The van der Waals surface area contributed by atoms with E-state index in [0.29, 0.717) is 34.3 Å². The van der Waals surface area contributed by atoms with Crippen molar-refractivity contribution in [2.45, 2.75) is 19.5 Å². The summed E-state index contributed by atoms with van der Waals surface area (Å²) in [7, 11) is 0. The Balaban J connectivity index is 2.16. The number of ether oxygens (including phenoxy) is 1. The number of hydrogen-bond donors (Lipinski definition) is 0. The van der Waals surface area contributed by atoms with Crippen molar-refractivity contribution >= 4 is 11.0 Å². The number of halogens is 3. The molecule has 0 aliphatic carbocycles. The summed E-state index contributed by atoms with van der Waals surface area (Å²) >= 11 is 0. The second-order valence-corrected chi connectivity index (χ2v) is 5.65. The highest BCUT2D eigenvalue weighted by Crippen LogP contribution is 2.33. The minimum atomic E-state index is -4.43. The van der Waals surface area contributed by atoms with Gasteiger partial charge in [-0.05, 0) is 47.9 Å². The molecule has 0 saturated heterocycles. The van der Waals surface area contributed by atoms with Gasteiger partial charge < -0.3 is 9.15 Å². The highest BCUT2D eigenvalue weighted by Gasteiger charge is 2.31. The number of aryl methyl sites for hydroxylation is 1. The van der Waals surface area contributed by atoms with Crippen molar-refractivity contribution in [1.82, 2.24) is 0 Å². The van der Waals surface area contributed by atoms with E-state index >= 15 is 0 Å². The van der Waals surface area contributed by atoms with Crippen LogP contribution in [0.1, 0.15) is 18.1 Å². The maximum Gasteiger partial charge on any atom is 0.416 e. The molecule has 3 rings (SSSR count). The zero-order chi connectivity index (χ0) is 18.9. The average molecular weight is 360 g/mol. The quantitative estimate of drug-likeness (QED) is 0.451. The second kappa shape index (κ2) is 6.71. The van der Waals surface area contributed by atoms with Gasteiger partial charge in [-0.2, -0.15) is 13.2 Å². The van der Waals surface area contributed by atoms with Crippen molar-refractivity contribution in [3.8, 4) is 16.9 Å². The first-order valence-electron chi connectivity index (χ1n) is 7.89. The molecule has 1 aromatic heterocycles. The van der Waals surface area contributed by atoms with Crippen LogP contribution in [0.4, 0.5) is 13.2 Å². The molecule has 0 N–H and O–H groups in total. The Hall–Kier alpha value is -3.02. The lowest BCUT2D eigenvalue weighted by molar-refractivity contribution is -0.137. The lowest BCUT2D eigenvalue weighted by atomic mass is 9.96. The van der Waals surface area contributed by atoms with Gasteiger partial charge in [0.2, 0.25) is 0 Å². The minimum Gasteiger partial charge on any atom is -0.465 e. The third-order valence-electron chi connectivity index (χ3n) is 4.03. The van der Waals surface area contributed by atoms with Crippen LogP contribution < -0.4 is 10.4 Å². The summed E-state index contributed by atoms with van der Waals surface area (Å²) in [6.07, 6.45) is -2.83. The van der Waals surface area contributed by atoms with Gasteiger partial charge in [0, 0.05) is 11.5 Å². The van der Waals surface area contributed by atoms with Gasteiger partial charge in [0.1, 0.15) is 11.3 Å². The number of benzene rings is 2. The number of hydrogen-bond acceptors (Lipinski definition) is 3. The first kappa shape index (κ1) is 17.8. The van der Waals surface area contributed by atoms with E-state index < -0.39 is 17.4 Å². The fourth-order valence-electron chi connectivity index (χ4n) is 2.77. The first-order chi connectivity index (χ1) is 12.3. The monoisotopic (exact) mass is 360 g/mol. The molecule has 6 heteroatoms. The van der Waals surface area contributed by atoms with E-state index in [1.807, 2.05) is 0 Å². The average Bonchev–Trinajstić information content (AvgIpc) is 2.60. The van der Waals surface area contributed by atoms with E-state index in [1.54, 1.807) is 31.2 Å². The maximum absolute atomic E-state index is 12.9. The molecular formula is C20H15F3O3. The van der Waals surface area contributed by atoms with Crippen molar-refractivity contribution < 1.29 is 22.3 Å². The van der Waals surface area contributed by atoms with Gasteiger partial charge in [-0.1, -0.05) is 19.6 Å². The molecule has 0 bridgehead atoms. The van der Waals surface area contributed by atoms with Crippen molar-refractivity contribution in [2.24, 2.45) is 0 Å². The SMILES string of the molecule is C=COc1ccc2cc(-c3ccc(C(F)(F)F)cc3CC)c(=O)oc2c1. The molecule has 3 nitrogen and oxygen atoms in total. The molecule has 0 aliphatic rings. The van der Waals surface area contributed by atoms with Crippen LogP contribution in [0.25, 0.3) is 22.1 Å². The van der Waals surface area contributed by atoms with E-state index in [4.69, 9.17) is 9.15 Å². The molecule has 134 valence electrons. The number of alkyl halides is 3. The molecule has 0 aliphatic heterocycles. The van der Waals surface area contributed by atoms with Crippen molar-refractivity contribution in [1.29, 1.82) is 0 Å². The fourth-order valence-corrected chi connectivity index (χ4v) is 2.77. The highest BCUT2D eigenvalue weighted by atomic mass is 19.4. The minimum absolute atomic E-state index is 0.223.